The molecular formula is C9H12O3. The molecule has 3 heteroatoms. The van der Waals surface area contributed by atoms with Gasteiger partial charge in [-0.25, -0.2) is 0 Å². The second kappa shape index (κ2) is 6.41. The van der Waals surface area contributed by atoms with Crippen LogP contribution in [0, 0.1) is 12.3 Å². The van der Waals surface area contributed by atoms with Gasteiger partial charge in [0.2, 0.25) is 0 Å². The maximum absolute atomic E-state index is 10.9. The SMILES string of the molecule is C#CCCC(=O)CCC(=O)OC. The highest BCUT2D eigenvalue weighted by Crippen LogP contribution is 1.98. The summed E-state index contributed by atoms with van der Waals surface area (Å²) >= 11 is 0. The van der Waals surface area contributed by atoms with Gasteiger partial charge in [-0.2, -0.15) is 0 Å². The molecule has 0 heterocycles. The van der Waals surface area contributed by atoms with E-state index in [-0.39, 0.29) is 24.6 Å². The number of Topliss-reactive ketones (excluding diaryl/α,β-unsaturated/α-hetero) is 1. The number of methoxy groups -OCH3 is 1. The van der Waals surface area contributed by atoms with Crippen molar-refractivity contribution in [3.63, 3.8) is 0 Å². The first-order valence-corrected chi connectivity index (χ1v) is 3.72. The maximum atomic E-state index is 10.9. The molecule has 66 valence electrons. The third kappa shape index (κ3) is 5.48. The molecular weight excluding hydrogens is 156 g/mol. The summed E-state index contributed by atoms with van der Waals surface area (Å²) in [4.78, 5) is 21.5. The molecule has 0 saturated heterocycles. The van der Waals surface area contributed by atoms with Gasteiger partial charge < -0.3 is 4.74 Å². The molecule has 3 nitrogen and oxygen atoms in total. The van der Waals surface area contributed by atoms with E-state index >= 15 is 0 Å². The molecule has 0 spiro atoms. The molecule has 0 rings (SSSR count). The van der Waals surface area contributed by atoms with Gasteiger partial charge in [0.05, 0.1) is 13.5 Å². The van der Waals surface area contributed by atoms with E-state index in [4.69, 9.17) is 6.42 Å². The average Bonchev–Trinajstić information content (AvgIpc) is 2.10. The zero-order valence-corrected chi connectivity index (χ0v) is 7.13. The van der Waals surface area contributed by atoms with E-state index in [1.807, 2.05) is 0 Å². The lowest BCUT2D eigenvalue weighted by Gasteiger charge is -1.97. The third-order valence-corrected chi connectivity index (χ3v) is 1.38. The summed E-state index contributed by atoms with van der Waals surface area (Å²) in [6, 6.07) is 0. The Morgan fingerprint density at radius 3 is 2.50 bits per heavy atom. The first-order chi connectivity index (χ1) is 5.70. The number of hydrogen-bond acceptors (Lipinski definition) is 3. The molecule has 0 aliphatic rings. The van der Waals surface area contributed by atoms with Gasteiger partial charge in [0.25, 0.3) is 0 Å². The van der Waals surface area contributed by atoms with Crippen molar-refractivity contribution in [3.8, 4) is 12.3 Å². The van der Waals surface area contributed by atoms with Gasteiger partial charge >= 0.3 is 5.97 Å². The van der Waals surface area contributed by atoms with Crippen LogP contribution >= 0.6 is 0 Å². The molecule has 0 saturated carbocycles. The Morgan fingerprint density at radius 2 is 2.00 bits per heavy atom. The molecule has 0 aliphatic carbocycles. The molecule has 0 bridgehead atoms. The van der Waals surface area contributed by atoms with Crippen LogP contribution in [0.25, 0.3) is 0 Å². The van der Waals surface area contributed by atoms with Gasteiger partial charge in [-0.15, -0.1) is 12.3 Å². The molecule has 0 aromatic rings. The summed E-state index contributed by atoms with van der Waals surface area (Å²) in [6.45, 7) is 0. The normalized spacial score (nSPS) is 8.67. The molecule has 0 aromatic carbocycles. The van der Waals surface area contributed by atoms with Crippen molar-refractivity contribution in [2.45, 2.75) is 25.7 Å². The molecule has 0 fully saturated rings. The molecule has 0 N–H and O–H groups in total. The minimum atomic E-state index is -0.357. The second-order valence-electron chi connectivity index (χ2n) is 2.32. The van der Waals surface area contributed by atoms with Gasteiger partial charge in [0.15, 0.2) is 0 Å². The topological polar surface area (TPSA) is 43.4 Å². The standard InChI is InChI=1S/C9H12O3/c1-3-4-5-8(10)6-7-9(11)12-2/h1H,4-7H2,2H3. The fourth-order valence-corrected chi connectivity index (χ4v) is 0.680. The Kier molecular flexibility index (Phi) is 5.72. The Hall–Kier alpha value is -1.30. The Labute approximate surface area is 72.1 Å². The summed E-state index contributed by atoms with van der Waals surface area (Å²) in [6.07, 6.45) is 6.15. The first-order valence-electron chi connectivity index (χ1n) is 3.72. The molecule has 0 atom stereocenters. The molecule has 12 heavy (non-hydrogen) atoms. The minimum Gasteiger partial charge on any atom is -0.469 e. The number of rotatable bonds is 5. The van der Waals surface area contributed by atoms with E-state index in [0.717, 1.165) is 0 Å². The summed E-state index contributed by atoms with van der Waals surface area (Å²) in [7, 11) is 1.30. The van der Waals surface area contributed by atoms with Gasteiger partial charge in [0, 0.05) is 19.3 Å². The van der Waals surface area contributed by atoms with E-state index in [1.54, 1.807) is 0 Å². The van der Waals surface area contributed by atoms with Crippen LogP contribution in [0.4, 0.5) is 0 Å². The smallest absolute Gasteiger partial charge is 0.305 e. The van der Waals surface area contributed by atoms with E-state index < -0.39 is 0 Å². The lowest BCUT2D eigenvalue weighted by atomic mass is 10.1. The van der Waals surface area contributed by atoms with Crippen LogP contribution < -0.4 is 0 Å². The predicted molar refractivity (Wildman–Crippen MR) is 44.3 cm³/mol. The van der Waals surface area contributed by atoms with Gasteiger partial charge in [0.1, 0.15) is 5.78 Å². The van der Waals surface area contributed by atoms with E-state index in [9.17, 15) is 9.59 Å². The zero-order chi connectivity index (χ0) is 9.40. The van der Waals surface area contributed by atoms with Crippen LogP contribution in [0.1, 0.15) is 25.7 Å². The van der Waals surface area contributed by atoms with Crippen molar-refractivity contribution < 1.29 is 14.3 Å². The largest absolute Gasteiger partial charge is 0.469 e. The zero-order valence-electron chi connectivity index (χ0n) is 7.13. The molecule has 0 amide bonds. The summed E-state index contributed by atoms with van der Waals surface area (Å²) in [5.41, 5.74) is 0. The van der Waals surface area contributed by atoms with Crippen molar-refractivity contribution in [1.82, 2.24) is 0 Å². The van der Waals surface area contributed by atoms with E-state index in [2.05, 4.69) is 10.7 Å². The molecule has 0 aromatic heterocycles. The van der Waals surface area contributed by atoms with Crippen molar-refractivity contribution in [1.29, 1.82) is 0 Å². The minimum absolute atomic E-state index is 0.0124. The van der Waals surface area contributed by atoms with Crippen molar-refractivity contribution in [2.75, 3.05) is 7.11 Å². The van der Waals surface area contributed by atoms with E-state index in [0.29, 0.717) is 12.8 Å². The fourth-order valence-electron chi connectivity index (χ4n) is 0.680. The monoisotopic (exact) mass is 168 g/mol. The van der Waals surface area contributed by atoms with Crippen molar-refractivity contribution in [2.24, 2.45) is 0 Å². The highest BCUT2D eigenvalue weighted by molar-refractivity contribution is 5.82. The van der Waals surface area contributed by atoms with Crippen LogP contribution in [0.15, 0.2) is 0 Å². The van der Waals surface area contributed by atoms with Crippen LogP contribution in [-0.4, -0.2) is 18.9 Å². The number of esters is 1. The third-order valence-electron chi connectivity index (χ3n) is 1.38. The quantitative estimate of drug-likeness (QED) is 0.453. The van der Waals surface area contributed by atoms with Crippen LogP contribution in [0.5, 0.6) is 0 Å². The highest BCUT2D eigenvalue weighted by atomic mass is 16.5. The number of hydrogen-bond donors (Lipinski definition) is 0. The number of ketones is 1. The van der Waals surface area contributed by atoms with E-state index in [1.165, 1.54) is 7.11 Å². The number of ether oxygens (including phenoxy) is 1. The number of terminal acetylenes is 1. The first kappa shape index (κ1) is 10.7. The Bertz CT molecular complexity index is 200. The van der Waals surface area contributed by atoms with Gasteiger partial charge in [-0.1, -0.05) is 0 Å². The summed E-state index contributed by atoms with van der Waals surface area (Å²) in [5.74, 6) is 2.02. The molecule has 0 aliphatic heterocycles. The number of carbonyl (C=O) groups excluding carboxylic acids is 2. The summed E-state index contributed by atoms with van der Waals surface area (Å²) < 4.78 is 4.37. The van der Waals surface area contributed by atoms with Crippen molar-refractivity contribution in [3.05, 3.63) is 0 Å². The van der Waals surface area contributed by atoms with Crippen LogP contribution in [0.2, 0.25) is 0 Å². The maximum Gasteiger partial charge on any atom is 0.305 e. The van der Waals surface area contributed by atoms with Crippen molar-refractivity contribution >= 4 is 11.8 Å². The Morgan fingerprint density at radius 1 is 1.33 bits per heavy atom. The second-order valence-corrected chi connectivity index (χ2v) is 2.32. The van der Waals surface area contributed by atoms with Gasteiger partial charge in [-0.05, 0) is 0 Å². The van der Waals surface area contributed by atoms with Crippen LogP contribution in [-0.2, 0) is 14.3 Å². The Balaban J connectivity index is 3.45. The predicted octanol–water partition coefficient (Wildman–Crippen LogP) is 0.922. The van der Waals surface area contributed by atoms with Crippen LogP contribution in [0.3, 0.4) is 0 Å². The lowest BCUT2D eigenvalue weighted by Crippen LogP contribution is -2.05. The lowest BCUT2D eigenvalue weighted by molar-refractivity contribution is -0.141. The van der Waals surface area contributed by atoms with Gasteiger partial charge in [-0.3, -0.25) is 9.59 Å². The average molecular weight is 168 g/mol. The molecule has 0 unspecified atom stereocenters. The molecule has 0 radical (unpaired) electrons. The summed E-state index contributed by atoms with van der Waals surface area (Å²) in [5, 5.41) is 0. The number of carbonyl (C=O) groups is 2. The fraction of sp³-hybridized carbons (Fsp3) is 0.556. The highest BCUT2D eigenvalue weighted by Gasteiger charge is 2.05.